The second kappa shape index (κ2) is 10.6. The zero-order valence-electron chi connectivity index (χ0n) is 17.3. The van der Waals surface area contributed by atoms with E-state index < -0.39 is 10.8 Å². The lowest BCUT2D eigenvalue weighted by Crippen LogP contribution is -2.14. The highest BCUT2D eigenvalue weighted by atomic mass is 35.5. The van der Waals surface area contributed by atoms with Crippen LogP contribution in [0.3, 0.4) is 0 Å². The fraction of sp³-hybridized carbons (Fsp3) is 0.0833. The van der Waals surface area contributed by atoms with Gasteiger partial charge in [-0.25, -0.2) is 0 Å². The number of aryl methyl sites for hydroxylation is 1. The summed E-state index contributed by atoms with van der Waals surface area (Å²) in [4.78, 5) is 22.8. The van der Waals surface area contributed by atoms with E-state index in [2.05, 4.69) is 5.32 Å². The zero-order valence-corrected chi connectivity index (χ0v) is 18.9. The number of nitrogens with zero attached hydrogens (tertiary/aromatic N) is 2. The lowest BCUT2D eigenvalue weighted by atomic mass is 10.1. The lowest BCUT2D eigenvalue weighted by Gasteiger charge is -2.09. The van der Waals surface area contributed by atoms with Gasteiger partial charge in [-0.3, -0.25) is 14.9 Å². The number of halogens is 2. The number of ether oxygens (including phenoxy) is 1. The summed E-state index contributed by atoms with van der Waals surface area (Å²) in [5, 5.41) is 22.5. The van der Waals surface area contributed by atoms with Crippen LogP contribution in [0.15, 0.2) is 66.2 Å². The van der Waals surface area contributed by atoms with Crippen molar-refractivity contribution in [2.75, 3.05) is 5.32 Å². The fourth-order valence-electron chi connectivity index (χ4n) is 2.79. The van der Waals surface area contributed by atoms with Crippen LogP contribution in [0.4, 0.5) is 11.4 Å². The second-order valence-corrected chi connectivity index (χ2v) is 7.82. The molecule has 0 atom stereocenters. The van der Waals surface area contributed by atoms with Gasteiger partial charge in [-0.05, 0) is 36.3 Å². The Bertz CT molecular complexity index is 1240. The Balaban J connectivity index is 1.70. The van der Waals surface area contributed by atoms with Crippen LogP contribution >= 0.6 is 23.2 Å². The summed E-state index contributed by atoms with van der Waals surface area (Å²) in [5.41, 5.74) is 2.28. The number of nitro groups is 1. The summed E-state index contributed by atoms with van der Waals surface area (Å²) in [6.45, 7) is 2.43. The molecule has 9 heteroatoms. The molecule has 33 heavy (non-hydrogen) atoms. The summed E-state index contributed by atoms with van der Waals surface area (Å²) in [6.07, 6.45) is 1.40. The first-order chi connectivity index (χ1) is 15.8. The summed E-state index contributed by atoms with van der Waals surface area (Å²) in [7, 11) is 0. The summed E-state index contributed by atoms with van der Waals surface area (Å²) in [5.74, 6) is -0.116. The van der Waals surface area contributed by atoms with Gasteiger partial charge in [0.1, 0.15) is 24.0 Å². The second-order valence-electron chi connectivity index (χ2n) is 7.01. The minimum Gasteiger partial charge on any atom is -0.489 e. The maximum absolute atomic E-state index is 12.5. The molecule has 3 rings (SSSR count). The van der Waals surface area contributed by atoms with Crippen molar-refractivity contribution in [2.45, 2.75) is 13.5 Å². The lowest BCUT2D eigenvalue weighted by molar-refractivity contribution is -0.384. The molecule has 3 aromatic carbocycles. The molecule has 0 saturated carbocycles. The average molecular weight is 482 g/mol. The first-order valence-electron chi connectivity index (χ1n) is 9.62. The van der Waals surface area contributed by atoms with Gasteiger partial charge in [0, 0.05) is 12.1 Å². The van der Waals surface area contributed by atoms with E-state index in [-0.39, 0.29) is 27.0 Å². The van der Waals surface area contributed by atoms with Crippen LogP contribution < -0.4 is 10.1 Å². The minimum absolute atomic E-state index is 0.0186. The maximum atomic E-state index is 12.5. The van der Waals surface area contributed by atoms with Crippen LogP contribution in [0.25, 0.3) is 6.08 Å². The van der Waals surface area contributed by atoms with E-state index in [1.165, 1.54) is 11.6 Å². The van der Waals surface area contributed by atoms with Crippen molar-refractivity contribution in [3.63, 3.8) is 0 Å². The summed E-state index contributed by atoms with van der Waals surface area (Å²) >= 11 is 12.0. The summed E-state index contributed by atoms with van der Waals surface area (Å²) in [6, 6.07) is 18.9. The van der Waals surface area contributed by atoms with E-state index >= 15 is 0 Å². The Morgan fingerprint density at radius 2 is 1.73 bits per heavy atom. The van der Waals surface area contributed by atoms with Crippen molar-refractivity contribution < 1.29 is 14.5 Å². The van der Waals surface area contributed by atoms with Crippen molar-refractivity contribution in [2.24, 2.45) is 0 Å². The third-order valence-corrected chi connectivity index (χ3v) is 5.15. The molecule has 0 aliphatic rings. The number of benzene rings is 3. The van der Waals surface area contributed by atoms with E-state index in [0.29, 0.717) is 17.9 Å². The largest absolute Gasteiger partial charge is 0.489 e. The van der Waals surface area contributed by atoms with Crippen LogP contribution in [0.2, 0.25) is 10.0 Å². The Labute approximate surface area is 200 Å². The number of amides is 1. The van der Waals surface area contributed by atoms with Crippen molar-refractivity contribution in [3.05, 3.63) is 103 Å². The normalized spacial score (nSPS) is 10.9. The van der Waals surface area contributed by atoms with E-state index in [0.717, 1.165) is 17.7 Å². The van der Waals surface area contributed by atoms with Crippen LogP contribution in [0.1, 0.15) is 16.7 Å². The van der Waals surface area contributed by atoms with Crippen molar-refractivity contribution in [1.82, 2.24) is 0 Å². The molecule has 0 radical (unpaired) electrons. The molecule has 0 bridgehead atoms. The van der Waals surface area contributed by atoms with Gasteiger partial charge in [0.05, 0.1) is 20.7 Å². The number of non-ortho nitro benzene ring substituents is 1. The Kier molecular flexibility index (Phi) is 7.67. The average Bonchev–Trinajstić information content (AvgIpc) is 2.80. The number of carbonyl (C=O) groups excluding carboxylic acids is 1. The van der Waals surface area contributed by atoms with Gasteiger partial charge in [-0.2, -0.15) is 5.26 Å². The van der Waals surface area contributed by atoms with E-state index in [1.807, 2.05) is 37.3 Å². The van der Waals surface area contributed by atoms with Crippen molar-refractivity contribution in [1.29, 1.82) is 5.26 Å². The van der Waals surface area contributed by atoms with Gasteiger partial charge >= 0.3 is 0 Å². The molecule has 166 valence electrons. The van der Waals surface area contributed by atoms with Gasteiger partial charge in [0.2, 0.25) is 0 Å². The smallest absolute Gasteiger partial charge is 0.272 e. The van der Waals surface area contributed by atoms with E-state index in [4.69, 9.17) is 27.9 Å². The molecule has 3 aromatic rings. The molecule has 0 fully saturated rings. The number of nitro benzene ring substituents is 1. The van der Waals surface area contributed by atoms with Crippen molar-refractivity contribution >= 4 is 46.6 Å². The van der Waals surface area contributed by atoms with Gasteiger partial charge in [-0.15, -0.1) is 0 Å². The number of hydrogen-bond donors (Lipinski definition) is 1. The molecule has 1 amide bonds. The topological polar surface area (TPSA) is 105 Å². The van der Waals surface area contributed by atoms with Gasteiger partial charge in [0.25, 0.3) is 11.6 Å². The van der Waals surface area contributed by atoms with E-state index in [1.54, 1.807) is 24.3 Å². The molecule has 1 N–H and O–H groups in total. The van der Waals surface area contributed by atoms with Gasteiger partial charge in [-0.1, -0.05) is 65.2 Å². The van der Waals surface area contributed by atoms with Crippen LogP contribution in [0, 0.1) is 28.4 Å². The highest BCUT2D eigenvalue weighted by molar-refractivity contribution is 6.40. The number of nitriles is 1. The van der Waals surface area contributed by atoms with E-state index in [9.17, 15) is 20.2 Å². The first kappa shape index (κ1) is 23.8. The monoisotopic (exact) mass is 481 g/mol. The van der Waals surface area contributed by atoms with Gasteiger partial charge in [0.15, 0.2) is 0 Å². The number of carbonyl (C=O) groups is 1. The predicted molar refractivity (Wildman–Crippen MR) is 127 cm³/mol. The summed E-state index contributed by atoms with van der Waals surface area (Å²) < 4.78 is 5.76. The number of anilines is 1. The first-order valence-corrected chi connectivity index (χ1v) is 10.4. The number of nitrogens with one attached hydrogen (secondary N) is 1. The Hall–Kier alpha value is -3.86. The highest BCUT2D eigenvalue weighted by Gasteiger charge is 2.18. The SMILES string of the molecule is Cc1ccc(COc2ccc(/C=C(\C#N)C(=O)Nc3c(Cl)cc([N+](=O)[O-])cc3Cl)cc2)cc1. The third kappa shape index (κ3) is 6.32. The minimum atomic E-state index is -0.755. The fourth-order valence-corrected chi connectivity index (χ4v) is 3.36. The quantitative estimate of drug-likeness (QED) is 0.183. The predicted octanol–water partition coefficient (Wildman–Crippen LogP) is 6.33. The van der Waals surface area contributed by atoms with Crippen LogP contribution in [0.5, 0.6) is 5.75 Å². The molecule has 7 nitrogen and oxygen atoms in total. The standard InChI is InChI=1S/C24H17Cl2N3O4/c1-15-2-4-17(5-3-15)14-33-20-8-6-16(7-9-20)10-18(13-27)24(30)28-23-21(25)11-19(29(31)32)12-22(23)26/h2-12H,14H2,1H3,(H,28,30)/b18-10+. The third-order valence-electron chi connectivity index (χ3n) is 4.56. The number of hydrogen-bond acceptors (Lipinski definition) is 5. The molecule has 0 aliphatic heterocycles. The molecular weight excluding hydrogens is 465 g/mol. The van der Waals surface area contributed by atoms with Crippen LogP contribution in [-0.4, -0.2) is 10.8 Å². The molecule has 0 aromatic heterocycles. The van der Waals surface area contributed by atoms with Gasteiger partial charge < -0.3 is 10.1 Å². The number of rotatable bonds is 7. The van der Waals surface area contributed by atoms with Crippen LogP contribution in [-0.2, 0) is 11.4 Å². The molecule has 0 unspecified atom stereocenters. The Morgan fingerprint density at radius 1 is 1.12 bits per heavy atom. The highest BCUT2D eigenvalue weighted by Crippen LogP contribution is 2.35. The maximum Gasteiger partial charge on any atom is 0.272 e. The molecular formula is C24H17Cl2N3O4. The molecule has 0 saturated heterocycles. The molecule has 0 aliphatic carbocycles. The zero-order chi connectivity index (χ0) is 24.0. The molecule has 0 spiro atoms. The Morgan fingerprint density at radius 3 is 2.27 bits per heavy atom. The van der Waals surface area contributed by atoms with Crippen molar-refractivity contribution in [3.8, 4) is 11.8 Å². The molecule has 0 heterocycles.